The van der Waals surface area contributed by atoms with E-state index >= 15 is 0 Å². The number of carbonyl (C=O) groups excluding carboxylic acids is 1. The highest BCUT2D eigenvalue weighted by molar-refractivity contribution is 6.30. The number of nitrogens with zero attached hydrogens (tertiary/aromatic N) is 1. The molecular weight excluding hydrogens is 312 g/mol. The van der Waals surface area contributed by atoms with E-state index in [-0.39, 0.29) is 5.91 Å². The molecule has 0 spiro atoms. The molecule has 5 heteroatoms. The van der Waals surface area contributed by atoms with E-state index < -0.39 is 0 Å². The minimum Gasteiger partial charge on any atom is -0.441 e. The quantitative estimate of drug-likeness (QED) is 0.777. The Morgan fingerprint density at radius 1 is 1.22 bits per heavy atom. The van der Waals surface area contributed by atoms with Gasteiger partial charge in [0.1, 0.15) is 5.52 Å². The van der Waals surface area contributed by atoms with Gasteiger partial charge in [0.25, 0.3) is 0 Å². The van der Waals surface area contributed by atoms with Gasteiger partial charge in [0.2, 0.25) is 5.91 Å². The fourth-order valence-electron chi connectivity index (χ4n) is 2.48. The Bertz CT molecular complexity index is 842. The maximum Gasteiger partial charge on any atom is 0.224 e. The zero-order valence-corrected chi connectivity index (χ0v) is 13.6. The molecule has 23 heavy (non-hydrogen) atoms. The first-order valence-corrected chi connectivity index (χ1v) is 7.85. The number of nitrogens with one attached hydrogen (secondary N) is 1. The smallest absolute Gasteiger partial charge is 0.224 e. The molecule has 0 fully saturated rings. The molecule has 1 heterocycles. The first-order valence-electron chi connectivity index (χ1n) is 7.47. The van der Waals surface area contributed by atoms with E-state index in [4.69, 9.17) is 16.0 Å². The van der Waals surface area contributed by atoms with E-state index in [1.807, 2.05) is 37.3 Å². The van der Waals surface area contributed by atoms with Crippen molar-refractivity contribution in [2.75, 3.05) is 6.54 Å². The van der Waals surface area contributed by atoms with E-state index in [1.165, 1.54) is 0 Å². The number of hydrogen-bond donors (Lipinski definition) is 1. The SMILES string of the molecule is Cc1nc2ccc(CCNC(=O)Cc3cccc(Cl)c3)cc2o1. The first kappa shape index (κ1) is 15.6. The number of carbonyl (C=O) groups is 1. The van der Waals surface area contributed by atoms with Gasteiger partial charge in [0.15, 0.2) is 11.5 Å². The van der Waals surface area contributed by atoms with Crippen molar-refractivity contribution in [1.29, 1.82) is 0 Å². The summed E-state index contributed by atoms with van der Waals surface area (Å²) >= 11 is 5.92. The van der Waals surface area contributed by atoms with Gasteiger partial charge in [-0.3, -0.25) is 4.79 Å². The summed E-state index contributed by atoms with van der Waals surface area (Å²) in [5, 5.41) is 3.57. The molecule has 3 aromatic rings. The molecule has 3 rings (SSSR count). The van der Waals surface area contributed by atoms with Crippen LogP contribution in [-0.2, 0) is 17.6 Å². The van der Waals surface area contributed by atoms with E-state index in [1.54, 1.807) is 12.1 Å². The number of aromatic nitrogens is 1. The average Bonchev–Trinajstić information content (AvgIpc) is 2.86. The highest BCUT2D eigenvalue weighted by Gasteiger charge is 2.05. The normalized spacial score (nSPS) is 10.9. The summed E-state index contributed by atoms with van der Waals surface area (Å²) in [5.41, 5.74) is 3.66. The van der Waals surface area contributed by atoms with Gasteiger partial charge >= 0.3 is 0 Å². The molecule has 0 radical (unpaired) electrons. The van der Waals surface area contributed by atoms with E-state index in [2.05, 4.69) is 10.3 Å². The number of rotatable bonds is 5. The summed E-state index contributed by atoms with van der Waals surface area (Å²) in [5.74, 6) is 0.649. The van der Waals surface area contributed by atoms with Crippen LogP contribution in [0, 0.1) is 6.92 Å². The molecule has 118 valence electrons. The number of aryl methyl sites for hydroxylation is 1. The van der Waals surface area contributed by atoms with Crippen LogP contribution >= 0.6 is 11.6 Å². The summed E-state index contributed by atoms with van der Waals surface area (Å²) < 4.78 is 5.52. The Labute approximate surface area is 139 Å². The van der Waals surface area contributed by atoms with Crippen molar-refractivity contribution < 1.29 is 9.21 Å². The molecule has 1 amide bonds. The van der Waals surface area contributed by atoms with Crippen LogP contribution in [0.2, 0.25) is 5.02 Å². The van der Waals surface area contributed by atoms with Crippen molar-refractivity contribution in [2.45, 2.75) is 19.8 Å². The van der Waals surface area contributed by atoms with Crippen molar-refractivity contribution in [1.82, 2.24) is 10.3 Å². The predicted octanol–water partition coefficient (Wildman–Crippen LogP) is 3.69. The van der Waals surface area contributed by atoms with Crippen LogP contribution in [0.25, 0.3) is 11.1 Å². The number of amides is 1. The fraction of sp³-hybridized carbons (Fsp3) is 0.222. The molecule has 0 saturated heterocycles. The van der Waals surface area contributed by atoms with Gasteiger partial charge in [-0.15, -0.1) is 0 Å². The molecule has 0 aliphatic heterocycles. The van der Waals surface area contributed by atoms with Crippen LogP contribution in [0.5, 0.6) is 0 Å². The largest absolute Gasteiger partial charge is 0.441 e. The fourth-order valence-corrected chi connectivity index (χ4v) is 2.69. The standard InChI is InChI=1S/C18H17ClN2O2/c1-12-21-16-6-5-13(10-17(16)23-12)7-8-20-18(22)11-14-3-2-4-15(19)9-14/h2-6,9-10H,7-8,11H2,1H3,(H,20,22). The number of hydrogen-bond acceptors (Lipinski definition) is 3. The highest BCUT2D eigenvalue weighted by Crippen LogP contribution is 2.17. The molecule has 0 bridgehead atoms. The van der Waals surface area contributed by atoms with Crippen LogP contribution in [0.3, 0.4) is 0 Å². The molecule has 0 aliphatic carbocycles. The maximum atomic E-state index is 11.9. The van der Waals surface area contributed by atoms with Crippen molar-refractivity contribution in [3.8, 4) is 0 Å². The Morgan fingerprint density at radius 3 is 2.91 bits per heavy atom. The van der Waals surface area contributed by atoms with Crippen LogP contribution < -0.4 is 5.32 Å². The second-order valence-corrected chi connectivity index (χ2v) is 5.88. The van der Waals surface area contributed by atoms with E-state index in [9.17, 15) is 4.79 Å². The molecular formula is C18H17ClN2O2. The van der Waals surface area contributed by atoms with Crippen molar-refractivity contribution in [2.24, 2.45) is 0 Å². The second-order valence-electron chi connectivity index (χ2n) is 5.44. The molecule has 0 saturated carbocycles. The molecule has 0 atom stereocenters. The topological polar surface area (TPSA) is 55.1 Å². The monoisotopic (exact) mass is 328 g/mol. The Morgan fingerprint density at radius 2 is 2.09 bits per heavy atom. The van der Waals surface area contributed by atoms with Crippen LogP contribution in [0.1, 0.15) is 17.0 Å². The third kappa shape index (κ3) is 4.11. The van der Waals surface area contributed by atoms with Gasteiger partial charge in [0.05, 0.1) is 6.42 Å². The Kier molecular flexibility index (Phi) is 4.63. The number of benzene rings is 2. The summed E-state index contributed by atoms with van der Waals surface area (Å²) in [6, 6.07) is 13.3. The third-order valence-electron chi connectivity index (χ3n) is 3.55. The van der Waals surface area contributed by atoms with Gasteiger partial charge in [0, 0.05) is 18.5 Å². The highest BCUT2D eigenvalue weighted by atomic mass is 35.5. The first-order chi connectivity index (χ1) is 11.1. The number of oxazole rings is 1. The van der Waals surface area contributed by atoms with Gasteiger partial charge in [-0.05, 0) is 41.8 Å². The number of halogens is 1. The zero-order valence-electron chi connectivity index (χ0n) is 12.8. The summed E-state index contributed by atoms with van der Waals surface area (Å²) in [6.45, 7) is 2.41. The summed E-state index contributed by atoms with van der Waals surface area (Å²) in [6.07, 6.45) is 1.08. The lowest BCUT2D eigenvalue weighted by molar-refractivity contribution is -0.120. The van der Waals surface area contributed by atoms with Crippen molar-refractivity contribution >= 4 is 28.6 Å². The second kappa shape index (κ2) is 6.84. The Balaban J connectivity index is 1.52. The van der Waals surface area contributed by atoms with E-state index in [0.717, 1.165) is 28.6 Å². The van der Waals surface area contributed by atoms with Gasteiger partial charge in [-0.25, -0.2) is 4.98 Å². The van der Waals surface area contributed by atoms with Gasteiger partial charge < -0.3 is 9.73 Å². The lowest BCUT2D eigenvalue weighted by Crippen LogP contribution is -2.27. The minimum absolute atomic E-state index is 0.0103. The maximum absolute atomic E-state index is 11.9. The predicted molar refractivity (Wildman–Crippen MR) is 90.6 cm³/mol. The molecule has 4 nitrogen and oxygen atoms in total. The third-order valence-corrected chi connectivity index (χ3v) is 3.78. The molecule has 2 aromatic carbocycles. The van der Waals surface area contributed by atoms with Gasteiger partial charge in [-0.2, -0.15) is 0 Å². The Hall–Kier alpha value is -2.33. The molecule has 0 aliphatic rings. The zero-order chi connectivity index (χ0) is 16.2. The molecule has 0 unspecified atom stereocenters. The van der Waals surface area contributed by atoms with Gasteiger partial charge in [-0.1, -0.05) is 29.8 Å². The van der Waals surface area contributed by atoms with Crippen LogP contribution in [-0.4, -0.2) is 17.4 Å². The number of fused-ring (bicyclic) bond motifs is 1. The van der Waals surface area contributed by atoms with E-state index in [0.29, 0.717) is 23.9 Å². The lowest BCUT2D eigenvalue weighted by Gasteiger charge is -2.06. The summed E-state index contributed by atoms with van der Waals surface area (Å²) in [4.78, 5) is 16.2. The minimum atomic E-state index is -0.0103. The average molecular weight is 329 g/mol. The van der Waals surface area contributed by atoms with Crippen LogP contribution in [0.4, 0.5) is 0 Å². The van der Waals surface area contributed by atoms with Crippen molar-refractivity contribution in [3.63, 3.8) is 0 Å². The van der Waals surface area contributed by atoms with Crippen LogP contribution in [0.15, 0.2) is 46.9 Å². The lowest BCUT2D eigenvalue weighted by atomic mass is 10.1. The summed E-state index contributed by atoms with van der Waals surface area (Å²) in [7, 11) is 0. The molecule has 1 aromatic heterocycles. The molecule has 1 N–H and O–H groups in total. The van der Waals surface area contributed by atoms with Crippen molar-refractivity contribution in [3.05, 3.63) is 64.5 Å².